The highest BCUT2D eigenvalue weighted by Gasteiger charge is 2.00. The van der Waals surface area contributed by atoms with Gasteiger partial charge in [-0.3, -0.25) is 4.79 Å². The van der Waals surface area contributed by atoms with Gasteiger partial charge in [-0.25, -0.2) is 4.39 Å². The fraction of sp³-hybridized carbons (Fsp3) is 0.0625. The van der Waals surface area contributed by atoms with Crippen LogP contribution in [0.25, 0.3) is 6.08 Å². The summed E-state index contributed by atoms with van der Waals surface area (Å²) in [6, 6.07) is 13.6. The minimum Gasteiger partial charge on any atom is -0.322 e. The number of nitrogens with one attached hydrogen (secondary N) is 1. The van der Waals surface area contributed by atoms with Crippen LogP contribution in [-0.4, -0.2) is 5.91 Å². The maximum atomic E-state index is 13.0. The molecule has 0 radical (unpaired) electrons. The van der Waals surface area contributed by atoms with Gasteiger partial charge in [0.2, 0.25) is 5.91 Å². The molecule has 0 unspecified atom stereocenters. The van der Waals surface area contributed by atoms with E-state index < -0.39 is 0 Å². The molecule has 0 aliphatic carbocycles. The molecule has 3 heteroatoms. The zero-order chi connectivity index (χ0) is 13.7. The Kier molecular flexibility index (Phi) is 4.08. The molecule has 2 rings (SSSR count). The summed E-state index contributed by atoms with van der Waals surface area (Å²) in [6.07, 6.45) is 2.97. The molecule has 1 N–H and O–H groups in total. The lowest BCUT2D eigenvalue weighted by Crippen LogP contribution is -2.08. The summed E-state index contributed by atoms with van der Waals surface area (Å²) in [5, 5.41) is 2.78. The Bertz CT molecular complexity index is 620. The number of para-hydroxylation sites is 1. The van der Waals surface area contributed by atoms with E-state index >= 15 is 0 Å². The SMILES string of the molecule is Cc1ccccc1NC(=O)/C=C/c1cccc(F)c1. The number of hydrogen-bond donors (Lipinski definition) is 1. The summed E-state index contributed by atoms with van der Waals surface area (Å²) in [5.74, 6) is -0.556. The Morgan fingerprint density at radius 2 is 1.95 bits per heavy atom. The number of anilines is 1. The van der Waals surface area contributed by atoms with E-state index in [1.807, 2.05) is 31.2 Å². The predicted octanol–water partition coefficient (Wildman–Crippen LogP) is 3.79. The molecule has 0 spiro atoms. The maximum Gasteiger partial charge on any atom is 0.248 e. The minimum absolute atomic E-state index is 0.237. The van der Waals surface area contributed by atoms with Gasteiger partial charge in [-0.2, -0.15) is 0 Å². The Morgan fingerprint density at radius 3 is 2.68 bits per heavy atom. The largest absolute Gasteiger partial charge is 0.322 e. The van der Waals surface area contributed by atoms with E-state index in [0.717, 1.165) is 11.3 Å². The monoisotopic (exact) mass is 255 g/mol. The number of amides is 1. The molecule has 0 aromatic heterocycles. The highest BCUT2D eigenvalue weighted by molar-refractivity contribution is 6.02. The summed E-state index contributed by atoms with van der Waals surface area (Å²) in [5.41, 5.74) is 2.42. The average molecular weight is 255 g/mol. The Balaban J connectivity index is 2.04. The Hall–Kier alpha value is -2.42. The van der Waals surface area contributed by atoms with E-state index in [1.54, 1.807) is 18.2 Å². The normalized spacial score (nSPS) is 10.6. The van der Waals surface area contributed by atoms with Gasteiger partial charge in [0.05, 0.1) is 0 Å². The first kappa shape index (κ1) is 13.0. The third kappa shape index (κ3) is 3.78. The van der Waals surface area contributed by atoms with E-state index in [4.69, 9.17) is 0 Å². The average Bonchev–Trinajstić information content (AvgIpc) is 2.39. The highest BCUT2D eigenvalue weighted by atomic mass is 19.1. The van der Waals surface area contributed by atoms with Crippen molar-refractivity contribution in [2.45, 2.75) is 6.92 Å². The van der Waals surface area contributed by atoms with Crippen molar-refractivity contribution in [1.29, 1.82) is 0 Å². The fourth-order valence-electron chi connectivity index (χ4n) is 1.67. The number of hydrogen-bond acceptors (Lipinski definition) is 1. The highest BCUT2D eigenvalue weighted by Crippen LogP contribution is 2.13. The molecule has 2 nitrogen and oxygen atoms in total. The van der Waals surface area contributed by atoms with Crippen LogP contribution in [-0.2, 0) is 4.79 Å². The number of rotatable bonds is 3. The second-order valence-corrected chi connectivity index (χ2v) is 4.19. The van der Waals surface area contributed by atoms with E-state index in [1.165, 1.54) is 18.2 Å². The first-order chi connectivity index (χ1) is 9.15. The number of carbonyl (C=O) groups is 1. The van der Waals surface area contributed by atoms with Crippen LogP contribution in [0.3, 0.4) is 0 Å². The molecule has 19 heavy (non-hydrogen) atoms. The lowest BCUT2D eigenvalue weighted by atomic mass is 10.2. The zero-order valence-corrected chi connectivity index (χ0v) is 10.6. The first-order valence-corrected chi connectivity index (χ1v) is 5.95. The lowest BCUT2D eigenvalue weighted by Gasteiger charge is -2.05. The number of benzene rings is 2. The van der Waals surface area contributed by atoms with E-state index in [-0.39, 0.29) is 11.7 Å². The molecular formula is C16H14FNO. The molecule has 0 heterocycles. The predicted molar refractivity (Wildman–Crippen MR) is 75.2 cm³/mol. The summed E-state index contributed by atoms with van der Waals surface area (Å²) >= 11 is 0. The molecule has 2 aromatic carbocycles. The van der Waals surface area contributed by atoms with E-state index in [2.05, 4.69) is 5.32 Å². The van der Waals surface area contributed by atoms with Gasteiger partial charge in [0.25, 0.3) is 0 Å². The van der Waals surface area contributed by atoms with Crippen molar-refractivity contribution in [3.8, 4) is 0 Å². The zero-order valence-electron chi connectivity index (χ0n) is 10.6. The second-order valence-electron chi connectivity index (χ2n) is 4.19. The third-order valence-electron chi connectivity index (χ3n) is 2.68. The van der Waals surface area contributed by atoms with Crippen molar-refractivity contribution in [3.63, 3.8) is 0 Å². The van der Waals surface area contributed by atoms with Gasteiger partial charge in [0.15, 0.2) is 0 Å². The summed E-state index contributed by atoms with van der Waals surface area (Å²) < 4.78 is 13.0. The van der Waals surface area contributed by atoms with Crippen LogP contribution in [0.5, 0.6) is 0 Å². The van der Waals surface area contributed by atoms with Crippen molar-refractivity contribution < 1.29 is 9.18 Å². The molecule has 0 atom stereocenters. The van der Waals surface area contributed by atoms with Crippen LogP contribution in [0, 0.1) is 12.7 Å². The van der Waals surface area contributed by atoms with Crippen molar-refractivity contribution in [1.82, 2.24) is 0 Å². The Morgan fingerprint density at radius 1 is 1.16 bits per heavy atom. The standard InChI is InChI=1S/C16H14FNO/c1-12-5-2-3-8-15(12)18-16(19)10-9-13-6-4-7-14(17)11-13/h2-11H,1H3,(H,18,19)/b10-9+. The maximum absolute atomic E-state index is 13.0. The molecule has 2 aromatic rings. The summed E-state index contributed by atoms with van der Waals surface area (Å²) in [7, 11) is 0. The summed E-state index contributed by atoms with van der Waals surface area (Å²) in [4.78, 5) is 11.7. The van der Waals surface area contributed by atoms with E-state index in [9.17, 15) is 9.18 Å². The smallest absolute Gasteiger partial charge is 0.248 e. The first-order valence-electron chi connectivity index (χ1n) is 5.95. The third-order valence-corrected chi connectivity index (χ3v) is 2.68. The molecule has 0 fully saturated rings. The molecule has 1 amide bonds. The molecule has 0 bridgehead atoms. The lowest BCUT2D eigenvalue weighted by molar-refractivity contribution is -0.111. The molecule has 0 saturated carbocycles. The molecule has 0 aliphatic rings. The molecule has 96 valence electrons. The summed E-state index contributed by atoms with van der Waals surface area (Å²) in [6.45, 7) is 1.92. The van der Waals surface area contributed by atoms with Gasteiger partial charge in [0, 0.05) is 11.8 Å². The van der Waals surface area contributed by atoms with Gasteiger partial charge in [-0.05, 0) is 42.3 Å². The van der Waals surface area contributed by atoms with Crippen LogP contribution in [0.2, 0.25) is 0 Å². The number of aryl methyl sites for hydroxylation is 1. The molecular weight excluding hydrogens is 241 g/mol. The fourth-order valence-corrected chi connectivity index (χ4v) is 1.67. The topological polar surface area (TPSA) is 29.1 Å². The van der Waals surface area contributed by atoms with Crippen LogP contribution in [0.1, 0.15) is 11.1 Å². The quantitative estimate of drug-likeness (QED) is 0.831. The molecule has 0 saturated heterocycles. The van der Waals surface area contributed by atoms with Gasteiger partial charge in [-0.15, -0.1) is 0 Å². The van der Waals surface area contributed by atoms with Crippen LogP contribution in [0.15, 0.2) is 54.6 Å². The van der Waals surface area contributed by atoms with Gasteiger partial charge in [-0.1, -0.05) is 30.3 Å². The van der Waals surface area contributed by atoms with Crippen LogP contribution >= 0.6 is 0 Å². The van der Waals surface area contributed by atoms with Gasteiger partial charge >= 0.3 is 0 Å². The second kappa shape index (κ2) is 5.96. The van der Waals surface area contributed by atoms with Gasteiger partial charge in [0.1, 0.15) is 5.82 Å². The Labute approximate surface area is 111 Å². The van der Waals surface area contributed by atoms with Gasteiger partial charge < -0.3 is 5.32 Å². The van der Waals surface area contributed by atoms with Crippen LogP contribution < -0.4 is 5.32 Å². The van der Waals surface area contributed by atoms with Crippen molar-refractivity contribution in [2.75, 3.05) is 5.32 Å². The number of carbonyl (C=O) groups excluding carboxylic acids is 1. The van der Waals surface area contributed by atoms with Crippen molar-refractivity contribution in [3.05, 3.63) is 71.6 Å². The molecule has 0 aliphatic heterocycles. The van der Waals surface area contributed by atoms with Crippen molar-refractivity contribution >= 4 is 17.7 Å². The van der Waals surface area contributed by atoms with Crippen molar-refractivity contribution in [2.24, 2.45) is 0 Å². The number of halogens is 1. The minimum atomic E-state index is -0.318. The van der Waals surface area contributed by atoms with Crippen LogP contribution in [0.4, 0.5) is 10.1 Å². The van der Waals surface area contributed by atoms with E-state index in [0.29, 0.717) is 5.56 Å².